The van der Waals surface area contributed by atoms with Gasteiger partial charge in [-0.2, -0.15) is 0 Å². The van der Waals surface area contributed by atoms with Gasteiger partial charge in [0.2, 0.25) is 5.91 Å². The highest BCUT2D eigenvalue weighted by Crippen LogP contribution is 2.39. The van der Waals surface area contributed by atoms with Crippen LogP contribution in [-0.4, -0.2) is 43.5 Å². The molecule has 0 unspecified atom stereocenters. The third-order valence-corrected chi connectivity index (χ3v) is 5.00. The average molecular weight is 399 g/mol. The van der Waals surface area contributed by atoms with Crippen molar-refractivity contribution in [1.29, 1.82) is 0 Å². The quantitative estimate of drug-likeness (QED) is 0.616. The smallest absolute Gasteiger partial charge is 0.321 e. The minimum absolute atomic E-state index is 0.0270. The number of urea groups is 1. The molecule has 156 valence electrons. The Kier molecular flexibility index (Phi) is 6.93. The van der Waals surface area contributed by atoms with Crippen LogP contribution in [0.15, 0.2) is 36.4 Å². The van der Waals surface area contributed by atoms with Gasteiger partial charge in [-0.15, -0.1) is 0 Å². The zero-order valence-corrected chi connectivity index (χ0v) is 17.5. The second-order valence-corrected chi connectivity index (χ2v) is 6.79. The molecule has 0 heterocycles. The molecule has 3 amide bonds. The van der Waals surface area contributed by atoms with Crippen LogP contribution in [0.3, 0.4) is 0 Å². The maximum Gasteiger partial charge on any atom is 0.321 e. The van der Waals surface area contributed by atoms with E-state index in [-0.39, 0.29) is 19.0 Å². The molecule has 0 aromatic heterocycles. The number of nitrogen functional groups attached to an aromatic ring is 2. The zero-order valence-electron chi connectivity index (χ0n) is 17.5. The van der Waals surface area contributed by atoms with Gasteiger partial charge in [0, 0.05) is 37.2 Å². The number of amides is 3. The summed E-state index contributed by atoms with van der Waals surface area (Å²) in [6.45, 7) is 6.43. The van der Waals surface area contributed by atoms with Gasteiger partial charge in [0.1, 0.15) is 0 Å². The lowest BCUT2D eigenvalue weighted by Gasteiger charge is -2.32. The molecule has 8 nitrogen and oxygen atoms in total. The van der Waals surface area contributed by atoms with E-state index in [0.717, 1.165) is 27.5 Å². The standard InChI is InChI=1S/C21H30N6O2/c1-5-26(13-19(28)27(6-2)21(24)29)18-12-11-17(23)14(3)20(18)25(4)16-9-7-15(22)8-10-16/h7-12H,5-6,13,22-23H2,1-4H3,(H2,24,29). The van der Waals surface area contributed by atoms with Crippen LogP contribution >= 0.6 is 0 Å². The van der Waals surface area contributed by atoms with Gasteiger partial charge >= 0.3 is 6.03 Å². The predicted molar refractivity (Wildman–Crippen MR) is 119 cm³/mol. The Morgan fingerprint density at radius 1 is 0.966 bits per heavy atom. The number of hydrogen-bond donors (Lipinski definition) is 3. The lowest BCUT2D eigenvalue weighted by Crippen LogP contribution is -2.46. The molecule has 0 atom stereocenters. The highest BCUT2D eigenvalue weighted by molar-refractivity contribution is 5.96. The molecule has 0 fully saturated rings. The topological polar surface area (TPSA) is 122 Å². The largest absolute Gasteiger partial charge is 0.399 e. The lowest BCUT2D eigenvalue weighted by molar-refractivity contribution is -0.126. The van der Waals surface area contributed by atoms with Crippen molar-refractivity contribution in [2.75, 3.05) is 47.9 Å². The predicted octanol–water partition coefficient (Wildman–Crippen LogP) is 2.68. The van der Waals surface area contributed by atoms with Gasteiger partial charge in [-0.3, -0.25) is 9.69 Å². The summed E-state index contributed by atoms with van der Waals surface area (Å²) in [6, 6.07) is 10.5. The number of carbonyl (C=O) groups excluding carboxylic acids is 2. The van der Waals surface area contributed by atoms with Crippen molar-refractivity contribution in [2.45, 2.75) is 20.8 Å². The van der Waals surface area contributed by atoms with Gasteiger partial charge in [-0.25, -0.2) is 4.79 Å². The van der Waals surface area contributed by atoms with Crippen LogP contribution in [0.4, 0.5) is 33.2 Å². The number of benzene rings is 2. The van der Waals surface area contributed by atoms with Crippen molar-refractivity contribution in [1.82, 2.24) is 4.90 Å². The molecule has 2 rings (SSSR count). The maximum absolute atomic E-state index is 12.6. The molecule has 0 radical (unpaired) electrons. The van der Waals surface area contributed by atoms with Gasteiger partial charge in [-0.1, -0.05) is 0 Å². The Labute approximate surface area is 171 Å². The van der Waals surface area contributed by atoms with E-state index >= 15 is 0 Å². The van der Waals surface area contributed by atoms with E-state index in [2.05, 4.69) is 0 Å². The number of likely N-dealkylation sites (N-methyl/N-ethyl adjacent to an activating group) is 2. The Morgan fingerprint density at radius 3 is 2.10 bits per heavy atom. The molecule has 0 aliphatic carbocycles. The van der Waals surface area contributed by atoms with Gasteiger partial charge in [0.05, 0.1) is 17.9 Å². The molecule has 6 N–H and O–H groups in total. The summed E-state index contributed by atoms with van der Waals surface area (Å²) in [4.78, 5) is 29.1. The molecule has 2 aromatic carbocycles. The van der Waals surface area contributed by atoms with Crippen molar-refractivity contribution in [3.05, 3.63) is 42.0 Å². The zero-order chi connectivity index (χ0) is 21.7. The number of rotatable bonds is 7. The molecule has 29 heavy (non-hydrogen) atoms. The van der Waals surface area contributed by atoms with Crippen molar-refractivity contribution in [3.8, 4) is 0 Å². The number of primary amides is 1. The molecule has 0 aliphatic heterocycles. The van der Waals surface area contributed by atoms with Crippen LogP contribution in [0.2, 0.25) is 0 Å². The van der Waals surface area contributed by atoms with E-state index < -0.39 is 6.03 Å². The molecule has 0 spiro atoms. The van der Waals surface area contributed by atoms with Crippen LogP contribution in [0, 0.1) is 6.92 Å². The maximum atomic E-state index is 12.6. The lowest BCUT2D eigenvalue weighted by atomic mass is 10.1. The van der Waals surface area contributed by atoms with Crippen LogP contribution in [-0.2, 0) is 4.79 Å². The molecular formula is C21H30N6O2. The minimum Gasteiger partial charge on any atom is -0.399 e. The van der Waals surface area contributed by atoms with Gasteiger partial charge in [0.15, 0.2) is 0 Å². The van der Waals surface area contributed by atoms with E-state index in [1.54, 1.807) is 6.92 Å². The Hall–Kier alpha value is -3.42. The van der Waals surface area contributed by atoms with Crippen molar-refractivity contribution in [3.63, 3.8) is 0 Å². The monoisotopic (exact) mass is 398 g/mol. The van der Waals surface area contributed by atoms with Crippen molar-refractivity contribution >= 4 is 40.4 Å². The average Bonchev–Trinajstić information content (AvgIpc) is 2.68. The number of nitrogens with two attached hydrogens (primary N) is 3. The van der Waals surface area contributed by atoms with E-state index in [0.29, 0.717) is 17.9 Å². The first kappa shape index (κ1) is 21.9. The van der Waals surface area contributed by atoms with Crippen LogP contribution in [0.5, 0.6) is 0 Å². The van der Waals surface area contributed by atoms with Crippen molar-refractivity contribution < 1.29 is 9.59 Å². The number of anilines is 5. The first-order chi connectivity index (χ1) is 13.7. The number of imide groups is 1. The molecule has 0 saturated heterocycles. The summed E-state index contributed by atoms with van der Waals surface area (Å²) in [7, 11) is 1.94. The van der Waals surface area contributed by atoms with Crippen molar-refractivity contribution in [2.24, 2.45) is 5.73 Å². The summed E-state index contributed by atoms with van der Waals surface area (Å²) >= 11 is 0. The summed E-state index contributed by atoms with van der Waals surface area (Å²) < 4.78 is 0. The Bertz CT molecular complexity index is 881. The van der Waals surface area contributed by atoms with E-state index in [1.807, 2.05) is 67.1 Å². The third-order valence-electron chi connectivity index (χ3n) is 5.00. The molecule has 0 bridgehead atoms. The van der Waals surface area contributed by atoms with Crippen LogP contribution < -0.4 is 27.0 Å². The number of nitrogens with zero attached hydrogens (tertiary/aromatic N) is 3. The SMILES string of the molecule is CCN(C(N)=O)C(=O)CN(CC)c1ccc(N)c(C)c1N(C)c1ccc(N)cc1. The second-order valence-electron chi connectivity index (χ2n) is 6.79. The van der Waals surface area contributed by atoms with Gasteiger partial charge < -0.3 is 27.0 Å². The highest BCUT2D eigenvalue weighted by Gasteiger charge is 2.23. The molecule has 0 aliphatic rings. The summed E-state index contributed by atoms with van der Waals surface area (Å²) in [5.41, 5.74) is 22.2. The van der Waals surface area contributed by atoms with Gasteiger partial charge in [0.25, 0.3) is 0 Å². The van der Waals surface area contributed by atoms with E-state index in [4.69, 9.17) is 17.2 Å². The summed E-state index contributed by atoms with van der Waals surface area (Å²) in [5, 5.41) is 0. The first-order valence-electron chi connectivity index (χ1n) is 9.54. The third kappa shape index (κ3) is 4.71. The second kappa shape index (κ2) is 9.18. The van der Waals surface area contributed by atoms with E-state index in [9.17, 15) is 9.59 Å². The van der Waals surface area contributed by atoms with Gasteiger partial charge in [-0.05, 0) is 62.7 Å². The molecular weight excluding hydrogens is 368 g/mol. The highest BCUT2D eigenvalue weighted by atomic mass is 16.2. The molecule has 2 aromatic rings. The molecule has 0 saturated carbocycles. The van der Waals surface area contributed by atoms with Crippen LogP contribution in [0.1, 0.15) is 19.4 Å². The summed E-state index contributed by atoms with van der Waals surface area (Å²) in [6.07, 6.45) is 0. The fraction of sp³-hybridized carbons (Fsp3) is 0.333. The minimum atomic E-state index is -0.749. The molecule has 8 heteroatoms. The fourth-order valence-electron chi connectivity index (χ4n) is 3.28. The Balaban J connectivity index is 2.48. The number of hydrogen-bond acceptors (Lipinski definition) is 6. The first-order valence-corrected chi connectivity index (χ1v) is 9.54. The summed E-state index contributed by atoms with van der Waals surface area (Å²) in [5.74, 6) is -0.350. The fourth-order valence-corrected chi connectivity index (χ4v) is 3.28. The Morgan fingerprint density at radius 2 is 1.59 bits per heavy atom. The van der Waals surface area contributed by atoms with Crippen LogP contribution in [0.25, 0.3) is 0 Å². The van der Waals surface area contributed by atoms with E-state index in [1.165, 1.54) is 0 Å². The number of carbonyl (C=O) groups is 2. The normalized spacial score (nSPS) is 10.5.